The summed E-state index contributed by atoms with van der Waals surface area (Å²) in [4.78, 5) is 45.4. The van der Waals surface area contributed by atoms with E-state index in [-0.39, 0.29) is 37.5 Å². The fourth-order valence-corrected chi connectivity index (χ4v) is 4.22. The van der Waals surface area contributed by atoms with Crippen LogP contribution in [0.1, 0.15) is 26.3 Å². The van der Waals surface area contributed by atoms with Gasteiger partial charge in [-0.05, 0) is 26.3 Å². The molecule has 0 unspecified atom stereocenters. The Balaban J connectivity index is 2.18. The van der Waals surface area contributed by atoms with E-state index >= 15 is 0 Å². The molecule has 0 aliphatic carbocycles. The molecule has 0 N–H and O–H groups in total. The predicted molar refractivity (Wildman–Crippen MR) is 141 cm³/mol. The Morgan fingerprint density at radius 1 is 0.568 bits per heavy atom. The molecule has 1 aliphatic rings. The van der Waals surface area contributed by atoms with Crippen LogP contribution in [-0.4, -0.2) is 129 Å². The van der Waals surface area contributed by atoms with Crippen LogP contribution < -0.4 is 0 Å². The van der Waals surface area contributed by atoms with E-state index < -0.39 is 0 Å². The average molecular weight is 521 g/mol. The van der Waals surface area contributed by atoms with Crippen molar-refractivity contribution in [2.75, 3.05) is 91.8 Å². The van der Waals surface area contributed by atoms with E-state index in [1.165, 1.54) is 5.56 Å². The SMILES string of the molecule is CCOC(=O)CN1CCN(CC(=O)OCC)CCN(Cc2ccccc2)CCN(CC(=O)OCC)CC1. The number of ether oxygens (including phenoxy) is 3. The van der Waals surface area contributed by atoms with Crippen molar-refractivity contribution in [2.45, 2.75) is 27.3 Å². The molecule has 10 heteroatoms. The van der Waals surface area contributed by atoms with E-state index in [2.05, 4.69) is 26.8 Å². The zero-order valence-corrected chi connectivity index (χ0v) is 22.7. The molecule has 1 aromatic carbocycles. The molecule has 1 aromatic rings. The second-order valence-electron chi connectivity index (χ2n) is 9.01. The van der Waals surface area contributed by atoms with E-state index in [1.54, 1.807) is 20.8 Å². The fraction of sp³-hybridized carbons (Fsp3) is 0.667. The minimum atomic E-state index is -0.280. The molecule has 2 rings (SSSR count). The summed E-state index contributed by atoms with van der Waals surface area (Å²) in [5, 5.41) is 0. The van der Waals surface area contributed by atoms with Crippen LogP contribution in [0.5, 0.6) is 0 Å². The third-order valence-corrected chi connectivity index (χ3v) is 6.15. The second-order valence-corrected chi connectivity index (χ2v) is 9.01. The molecule has 1 heterocycles. The van der Waals surface area contributed by atoms with Gasteiger partial charge in [-0.15, -0.1) is 0 Å². The quantitative estimate of drug-likeness (QED) is 0.312. The number of esters is 3. The summed E-state index contributed by atoms with van der Waals surface area (Å²) >= 11 is 0. The van der Waals surface area contributed by atoms with Gasteiger partial charge in [-0.25, -0.2) is 0 Å². The van der Waals surface area contributed by atoms with Crippen molar-refractivity contribution in [1.82, 2.24) is 19.6 Å². The summed E-state index contributed by atoms with van der Waals surface area (Å²) in [7, 11) is 0. The maximum absolute atomic E-state index is 12.3. The highest BCUT2D eigenvalue weighted by Crippen LogP contribution is 2.07. The Kier molecular flexibility index (Phi) is 14.8. The molecule has 0 spiro atoms. The van der Waals surface area contributed by atoms with Crippen LogP contribution in [0.25, 0.3) is 0 Å². The van der Waals surface area contributed by atoms with Gasteiger partial charge in [0.25, 0.3) is 0 Å². The predicted octanol–water partition coefficient (Wildman–Crippen LogP) is 1.10. The Morgan fingerprint density at radius 2 is 0.892 bits per heavy atom. The van der Waals surface area contributed by atoms with Gasteiger partial charge in [0.05, 0.1) is 39.5 Å². The summed E-state index contributed by atoms with van der Waals surface area (Å²) in [6.45, 7) is 13.0. The summed E-state index contributed by atoms with van der Waals surface area (Å²) < 4.78 is 15.6. The lowest BCUT2D eigenvalue weighted by molar-refractivity contribution is -0.146. The molecule has 1 fully saturated rings. The number of benzene rings is 1. The summed E-state index contributed by atoms with van der Waals surface area (Å²) in [5.41, 5.74) is 1.21. The maximum atomic E-state index is 12.3. The van der Waals surface area contributed by atoms with Crippen LogP contribution >= 0.6 is 0 Å². The molecule has 1 saturated heterocycles. The van der Waals surface area contributed by atoms with Crippen molar-refractivity contribution in [3.8, 4) is 0 Å². The van der Waals surface area contributed by atoms with E-state index in [4.69, 9.17) is 14.2 Å². The lowest BCUT2D eigenvalue weighted by Gasteiger charge is -2.33. The van der Waals surface area contributed by atoms with Gasteiger partial charge in [0.15, 0.2) is 0 Å². The smallest absolute Gasteiger partial charge is 0.320 e. The monoisotopic (exact) mass is 520 g/mol. The largest absolute Gasteiger partial charge is 0.465 e. The third kappa shape index (κ3) is 13.0. The molecule has 0 atom stereocenters. The van der Waals surface area contributed by atoms with E-state index in [1.807, 2.05) is 23.1 Å². The van der Waals surface area contributed by atoms with Crippen molar-refractivity contribution in [2.24, 2.45) is 0 Å². The van der Waals surface area contributed by atoms with E-state index in [9.17, 15) is 14.4 Å². The first-order chi connectivity index (χ1) is 17.9. The van der Waals surface area contributed by atoms with Crippen molar-refractivity contribution in [3.05, 3.63) is 35.9 Å². The van der Waals surface area contributed by atoms with Crippen molar-refractivity contribution in [3.63, 3.8) is 0 Å². The lowest BCUT2D eigenvalue weighted by atomic mass is 10.2. The van der Waals surface area contributed by atoms with Crippen molar-refractivity contribution >= 4 is 17.9 Å². The maximum Gasteiger partial charge on any atom is 0.320 e. The molecule has 10 nitrogen and oxygen atoms in total. The summed E-state index contributed by atoms with van der Waals surface area (Å²) in [6, 6.07) is 10.3. The zero-order valence-electron chi connectivity index (χ0n) is 22.7. The molecule has 0 aromatic heterocycles. The zero-order chi connectivity index (χ0) is 26.9. The van der Waals surface area contributed by atoms with E-state index in [0.29, 0.717) is 59.1 Å². The molecule has 1 aliphatic heterocycles. The molecular formula is C27H44N4O6. The Morgan fingerprint density at radius 3 is 1.22 bits per heavy atom. The molecule has 0 saturated carbocycles. The van der Waals surface area contributed by atoms with Gasteiger partial charge < -0.3 is 14.2 Å². The number of hydrogen-bond donors (Lipinski definition) is 0. The van der Waals surface area contributed by atoms with Crippen LogP contribution in [0.2, 0.25) is 0 Å². The van der Waals surface area contributed by atoms with Crippen LogP contribution in [0.15, 0.2) is 30.3 Å². The number of hydrogen-bond acceptors (Lipinski definition) is 10. The molecule has 37 heavy (non-hydrogen) atoms. The number of carbonyl (C=O) groups is 3. The highest BCUT2D eigenvalue weighted by atomic mass is 16.5. The van der Waals surface area contributed by atoms with E-state index in [0.717, 1.165) is 19.6 Å². The number of rotatable bonds is 11. The highest BCUT2D eigenvalue weighted by Gasteiger charge is 2.21. The average Bonchev–Trinajstić information content (AvgIpc) is 2.86. The lowest BCUT2D eigenvalue weighted by Crippen LogP contribution is -2.48. The Labute approximate surface area is 221 Å². The number of carbonyl (C=O) groups excluding carboxylic acids is 3. The molecular weight excluding hydrogens is 476 g/mol. The fourth-order valence-electron chi connectivity index (χ4n) is 4.22. The van der Waals surface area contributed by atoms with Crippen LogP contribution in [0, 0.1) is 0 Å². The Hall–Kier alpha value is -2.53. The van der Waals surface area contributed by atoms with Gasteiger partial charge in [-0.2, -0.15) is 0 Å². The minimum absolute atomic E-state index is 0.161. The van der Waals surface area contributed by atoms with Crippen LogP contribution in [-0.2, 0) is 35.1 Å². The first-order valence-corrected chi connectivity index (χ1v) is 13.3. The highest BCUT2D eigenvalue weighted by molar-refractivity contribution is 5.72. The van der Waals surface area contributed by atoms with Crippen molar-refractivity contribution in [1.29, 1.82) is 0 Å². The van der Waals surface area contributed by atoms with Gasteiger partial charge in [0.2, 0.25) is 0 Å². The molecule has 0 radical (unpaired) electrons. The third-order valence-electron chi connectivity index (χ3n) is 6.15. The van der Waals surface area contributed by atoms with Gasteiger partial charge >= 0.3 is 17.9 Å². The standard InChI is InChI=1S/C27H44N4O6/c1-4-35-25(32)21-29-14-12-28(20-24-10-8-7-9-11-24)13-15-30(22-26(33)36-5-2)17-19-31(18-16-29)23-27(34)37-6-3/h7-11H,4-6,12-23H2,1-3H3. The normalized spacial score (nSPS) is 17.4. The Bertz CT molecular complexity index is 773. The van der Waals surface area contributed by atoms with Gasteiger partial charge in [0, 0.05) is 58.9 Å². The first kappa shape index (κ1) is 30.7. The molecule has 0 amide bonds. The number of nitrogens with zero attached hydrogens (tertiary/aromatic N) is 4. The molecule has 208 valence electrons. The first-order valence-electron chi connectivity index (χ1n) is 13.3. The van der Waals surface area contributed by atoms with Crippen LogP contribution in [0.3, 0.4) is 0 Å². The van der Waals surface area contributed by atoms with Crippen LogP contribution in [0.4, 0.5) is 0 Å². The minimum Gasteiger partial charge on any atom is -0.465 e. The summed E-state index contributed by atoms with van der Waals surface area (Å²) in [6.07, 6.45) is 0. The van der Waals surface area contributed by atoms with Gasteiger partial charge in [-0.3, -0.25) is 34.0 Å². The summed E-state index contributed by atoms with van der Waals surface area (Å²) in [5.74, 6) is -0.777. The van der Waals surface area contributed by atoms with Gasteiger partial charge in [-0.1, -0.05) is 30.3 Å². The van der Waals surface area contributed by atoms with Gasteiger partial charge in [0.1, 0.15) is 0 Å². The molecule has 0 bridgehead atoms. The second kappa shape index (κ2) is 17.8. The topological polar surface area (TPSA) is 91.9 Å². The van der Waals surface area contributed by atoms with Crippen molar-refractivity contribution < 1.29 is 28.6 Å².